The van der Waals surface area contributed by atoms with Gasteiger partial charge in [-0.15, -0.1) is 0 Å². The van der Waals surface area contributed by atoms with Crippen molar-refractivity contribution in [3.05, 3.63) is 34.5 Å². The average molecular weight is 172 g/mol. The lowest BCUT2D eigenvalue weighted by Gasteiger charge is -2.32. The Hall–Kier alpha value is -0.570. The third-order valence-electron chi connectivity index (χ3n) is 1.45. The molecule has 0 unspecified atom stereocenters. The van der Waals surface area contributed by atoms with Crippen LogP contribution in [-0.2, 0) is 0 Å². The molecular formula is C8H10ClNO. The van der Waals surface area contributed by atoms with Crippen molar-refractivity contribution in [2.45, 2.75) is 0 Å². The van der Waals surface area contributed by atoms with Gasteiger partial charge in [-0.2, -0.15) is 0 Å². The number of nitrogens with zero attached hydrogens (tertiary/aromatic N) is 1. The van der Waals surface area contributed by atoms with E-state index in [1.165, 1.54) is 0 Å². The fraction of sp³-hybridized carbons (Fsp3) is 0.250. The largest absolute Gasteiger partial charge is 0.628 e. The van der Waals surface area contributed by atoms with E-state index in [0.29, 0.717) is 10.7 Å². The van der Waals surface area contributed by atoms with Crippen LogP contribution in [0.25, 0.3) is 0 Å². The summed E-state index contributed by atoms with van der Waals surface area (Å²) in [4.78, 5) is 0. The minimum atomic E-state index is -0.419. The number of hydrogen-bond acceptors (Lipinski definition) is 1. The first-order valence-electron chi connectivity index (χ1n) is 3.31. The Bertz CT molecular complexity index is 237. The Morgan fingerprint density at radius 2 is 1.64 bits per heavy atom. The maximum absolute atomic E-state index is 11.3. The first-order chi connectivity index (χ1) is 5.00. The van der Waals surface area contributed by atoms with Crippen molar-refractivity contribution in [2.24, 2.45) is 0 Å². The van der Waals surface area contributed by atoms with E-state index >= 15 is 0 Å². The molecule has 0 bridgehead atoms. The summed E-state index contributed by atoms with van der Waals surface area (Å²) in [5.41, 5.74) is 0.703. The first-order valence-corrected chi connectivity index (χ1v) is 3.69. The van der Waals surface area contributed by atoms with E-state index in [4.69, 9.17) is 11.6 Å². The standard InChI is InChI=1S/C8H10ClNO/c1-10(2,11)8-5-3-7(9)4-6-8/h3-6H,1-2H3. The third-order valence-corrected chi connectivity index (χ3v) is 1.70. The highest BCUT2D eigenvalue weighted by Gasteiger charge is 2.05. The molecule has 0 saturated carbocycles. The van der Waals surface area contributed by atoms with Gasteiger partial charge in [0.25, 0.3) is 0 Å². The average Bonchev–Trinajstić information content (AvgIpc) is 1.86. The van der Waals surface area contributed by atoms with Gasteiger partial charge in [0, 0.05) is 17.2 Å². The van der Waals surface area contributed by atoms with E-state index in [1.807, 2.05) is 0 Å². The van der Waals surface area contributed by atoms with Crippen LogP contribution in [0.15, 0.2) is 24.3 Å². The summed E-state index contributed by atoms with van der Waals surface area (Å²) in [5.74, 6) is 0. The highest BCUT2D eigenvalue weighted by atomic mass is 35.5. The van der Waals surface area contributed by atoms with Crippen molar-refractivity contribution in [3.8, 4) is 0 Å². The highest BCUT2D eigenvalue weighted by molar-refractivity contribution is 6.30. The molecule has 0 aromatic heterocycles. The fourth-order valence-corrected chi connectivity index (χ4v) is 0.926. The molecule has 0 heterocycles. The second-order valence-electron chi connectivity index (χ2n) is 2.83. The van der Waals surface area contributed by atoms with Gasteiger partial charge in [-0.3, -0.25) is 0 Å². The lowest BCUT2D eigenvalue weighted by atomic mass is 10.3. The predicted molar refractivity (Wildman–Crippen MR) is 48.5 cm³/mol. The lowest BCUT2D eigenvalue weighted by Crippen LogP contribution is -2.32. The molecule has 60 valence electrons. The number of hydroxylamine groups is 2. The Morgan fingerprint density at radius 3 is 2.00 bits per heavy atom. The molecule has 1 aromatic carbocycles. The molecule has 1 aromatic rings. The van der Waals surface area contributed by atoms with Crippen molar-refractivity contribution in [1.29, 1.82) is 0 Å². The Kier molecular flexibility index (Phi) is 2.18. The van der Waals surface area contributed by atoms with Gasteiger partial charge in [0.1, 0.15) is 5.69 Å². The molecule has 1 rings (SSSR count). The van der Waals surface area contributed by atoms with Gasteiger partial charge in [-0.25, -0.2) is 0 Å². The number of rotatable bonds is 1. The normalized spacial score (nSPS) is 11.6. The van der Waals surface area contributed by atoms with E-state index in [1.54, 1.807) is 38.4 Å². The van der Waals surface area contributed by atoms with Crippen LogP contribution in [0, 0.1) is 5.21 Å². The monoisotopic (exact) mass is 171 g/mol. The third kappa shape index (κ3) is 2.19. The van der Waals surface area contributed by atoms with E-state index in [9.17, 15) is 5.21 Å². The zero-order valence-electron chi connectivity index (χ0n) is 6.54. The van der Waals surface area contributed by atoms with Crippen LogP contribution in [0.2, 0.25) is 5.02 Å². The summed E-state index contributed by atoms with van der Waals surface area (Å²) in [6.45, 7) is 0. The van der Waals surface area contributed by atoms with Crippen molar-refractivity contribution >= 4 is 17.3 Å². The molecule has 3 heteroatoms. The summed E-state index contributed by atoms with van der Waals surface area (Å²) in [6.07, 6.45) is 0. The summed E-state index contributed by atoms with van der Waals surface area (Å²) in [6, 6.07) is 6.90. The fourth-order valence-electron chi connectivity index (χ4n) is 0.800. The quantitative estimate of drug-likeness (QED) is 0.470. The van der Waals surface area contributed by atoms with E-state index < -0.39 is 4.65 Å². The second kappa shape index (κ2) is 2.81. The molecule has 0 spiro atoms. The number of hydrogen-bond donors (Lipinski definition) is 0. The van der Waals surface area contributed by atoms with Crippen molar-refractivity contribution in [2.75, 3.05) is 14.1 Å². The smallest absolute Gasteiger partial charge is 0.132 e. The number of halogens is 1. The summed E-state index contributed by atoms with van der Waals surface area (Å²) < 4.78 is -0.419. The van der Waals surface area contributed by atoms with Crippen LogP contribution in [0.4, 0.5) is 5.69 Å². The molecule has 0 saturated heterocycles. The number of quaternary nitrogens is 1. The topological polar surface area (TPSA) is 23.1 Å². The molecular weight excluding hydrogens is 162 g/mol. The first kappa shape index (κ1) is 8.53. The number of benzene rings is 1. The molecule has 0 N–H and O–H groups in total. The Labute approximate surface area is 71.2 Å². The van der Waals surface area contributed by atoms with E-state index in [2.05, 4.69) is 0 Å². The molecule has 0 aliphatic rings. The molecule has 0 aliphatic carbocycles. The molecule has 0 radical (unpaired) electrons. The highest BCUT2D eigenvalue weighted by Crippen LogP contribution is 2.19. The van der Waals surface area contributed by atoms with Crippen LogP contribution < -0.4 is 4.65 Å². The zero-order chi connectivity index (χ0) is 8.48. The van der Waals surface area contributed by atoms with Crippen LogP contribution in [0.5, 0.6) is 0 Å². The minimum absolute atomic E-state index is 0.419. The molecule has 11 heavy (non-hydrogen) atoms. The molecule has 2 nitrogen and oxygen atoms in total. The summed E-state index contributed by atoms with van der Waals surface area (Å²) in [7, 11) is 3.15. The maximum Gasteiger partial charge on any atom is 0.132 e. The molecule has 0 fully saturated rings. The van der Waals surface area contributed by atoms with Crippen LogP contribution in [-0.4, -0.2) is 14.1 Å². The maximum atomic E-state index is 11.3. The lowest BCUT2D eigenvalue weighted by molar-refractivity contribution is 0.543. The van der Waals surface area contributed by atoms with Gasteiger partial charge in [-0.1, -0.05) is 11.6 Å². The molecule has 0 amide bonds. The predicted octanol–water partition coefficient (Wildman–Crippen LogP) is 2.40. The van der Waals surface area contributed by atoms with Gasteiger partial charge in [-0.05, 0) is 12.1 Å². The van der Waals surface area contributed by atoms with Gasteiger partial charge in [0.15, 0.2) is 0 Å². The Morgan fingerprint density at radius 1 is 1.18 bits per heavy atom. The molecule has 0 atom stereocenters. The van der Waals surface area contributed by atoms with Gasteiger partial charge >= 0.3 is 0 Å². The van der Waals surface area contributed by atoms with E-state index in [0.717, 1.165) is 0 Å². The second-order valence-corrected chi connectivity index (χ2v) is 3.26. The zero-order valence-corrected chi connectivity index (χ0v) is 7.30. The van der Waals surface area contributed by atoms with Crippen LogP contribution in [0.1, 0.15) is 0 Å². The van der Waals surface area contributed by atoms with Crippen molar-refractivity contribution in [1.82, 2.24) is 4.65 Å². The minimum Gasteiger partial charge on any atom is -0.628 e. The van der Waals surface area contributed by atoms with Gasteiger partial charge < -0.3 is 9.85 Å². The molecule has 0 aliphatic heterocycles. The van der Waals surface area contributed by atoms with Crippen molar-refractivity contribution < 1.29 is 0 Å². The van der Waals surface area contributed by atoms with Gasteiger partial charge in [0.05, 0.1) is 14.1 Å². The van der Waals surface area contributed by atoms with Crippen LogP contribution >= 0.6 is 11.6 Å². The van der Waals surface area contributed by atoms with E-state index in [-0.39, 0.29) is 0 Å². The van der Waals surface area contributed by atoms with Crippen LogP contribution in [0.3, 0.4) is 0 Å². The SMILES string of the molecule is C[N+](C)([O-])c1ccc(Cl)cc1. The summed E-state index contributed by atoms with van der Waals surface area (Å²) >= 11 is 5.65. The summed E-state index contributed by atoms with van der Waals surface area (Å²) in [5, 5.41) is 12.0. The van der Waals surface area contributed by atoms with Crippen molar-refractivity contribution in [3.63, 3.8) is 0 Å². The Balaban J connectivity index is 2.99. The van der Waals surface area contributed by atoms with Gasteiger partial charge in [0.2, 0.25) is 0 Å².